The number of hydrogen-bond acceptors (Lipinski definition) is 4. The van der Waals surface area contributed by atoms with Crippen LogP contribution in [0, 0.1) is 6.92 Å². The largest absolute Gasteiger partial charge is 0.394 e. The van der Waals surface area contributed by atoms with Crippen molar-refractivity contribution in [2.24, 2.45) is 0 Å². The number of aliphatic hydroxyl groups excluding tert-OH is 1. The van der Waals surface area contributed by atoms with Crippen LogP contribution in [0.25, 0.3) is 0 Å². The first-order chi connectivity index (χ1) is 8.70. The third-order valence-corrected chi connectivity index (χ3v) is 3.57. The van der Waals surface area contributed by atoms with Crippen molar-refractivity contribution in [2.75, 3.05) is 31.2 Å². The molecule has 5 heteroatoms. The number of aromatic nitrogens is 1. The first-order valence-corrected chi connectivity index (χ1v) is 7.09. The summed E-state index contributed by atoms with van der Waals surface area (Å²) in [4.78, 5) is 6.76. The summed E-state index contributed by atoms with van der Waals surface area (Å²) >= 11 is 3.43. The monoisotopic (exact) mass is 314 g/mol. The lowest BCUT2D eigenvalue weighted by Gasteiger charge is -2.34. The van der Waals surface area contributed by atoms with Crippen LogP contribution >= 0.6 is 15.9 Å². The van der Waals surface area contributed by atoms with E-state index in [2.05, 4.69) is 38.8 Å². The fourth-order valence-corrected chi connectivity index (χ4v) is 2.80. The van der Waals surface area contributed by atoms with Crippen LogP contribution in [-0.4, -0.2) is 42.5 Å². The Morgan fingerprint density at radius 2 is 2.44 bits per heavy atom. The number of piperidine rings is 1. The minimum absolute atomic E-state index is 0.0893. The molecular formula is C13H19BrN2O2. The molecule has 0 spiro atoms. The summed E-state index contributed by atoms with van der Waals surface area (Å²) in [5, 5.41) is 8.80. The number of halogens is 1. The van der Waals surface area contributed by atoms with Crippen LogP contribution in [0.3, 0.4) is 0 Å². The SMILES string of the molecule is Cc1cc(Br)cnc1N1CCCC(OCCO)C1. The second kappa shape index (κ2) is 6.50. The summed E-state index contributed by atoms with van der Waals surface area (Å²) in [7, 11) is 0. The molecule has 100 valence electrons. The Labute approximate surface area is 116 Å². The van der Waals surface area contributed by atoms with Crippen LogP contribution in [0.15, 0.2) is 16.7 Å². The van der Waals surface area contributed by atoms with Crippen LogP contribution in [-0.2, 0) is 4.74 Å². The summed E-state index contributed by atoms with van der Waals surface area (Å²) < 4.78 is 6.63. The summed E-state index contributed by atoms with van der Waals surface area (Å²) in [6.07, 6.45) is 4.20. The van der Waals surface area contributed by atoms with Gasteiger partial charge in [0.05, 0.1) is 19.3 Å². The van der Waals surface area contributed by atoms with E-state index in [1.54, 1.807) is 0 Å². The van der Waals surface area contributed by atoms with Gasteiger partial charge in [-0.1, -0.05) is 0 Å². The van der Waals surface area contributed by atoms with Crippen molar-refractivity contribution in [1.82, 2.24) is 4.98 Å². The van der Waals surface area contributed by atoms with E-state index in [1.165, 1.54) is 5.56 Å². The van der Waals surface area contributed by atoms with Crippen molar-refractivity contribution >= 4 is 21.7 Å². The third kappa shape index (κ3) is 3.43. The van der Waals surface area contributed by atoms with Crippen LogP contribution in [0.1, 0.15) is 18.4 Å². The molecular weight excluding hydrogens is 296 g/mol. The summed E-state index contributed by atoms with van der Waals surface area (Å²) in [5.74, 6) is 1.04. The number of aliphatic hydroxyl groups is 1. The van der Waals surface area contributed by atoms with Gasteiger partial charge in [-0.2, -0.15) is 0 Å². The highest BCUT2D eigenvalue weighted by atomic mass is 79.9. The molecule has 1 aliphatic heterocycles. The minimum Gasteiger partial charge on any atom is -0.394 e. The van der Waals surface area contributed by atoms with Crippen molar-refractivity contribution in [3.8, 4) is 0 Å². The molecule has 0 aromatic carbocycles. The standard InChI is InChI=1S/C13H19BrN2O2/c1-10-7-11(14)8-15-13(10)16-4-2-3-12(9-16)18-6-5-17/h7-8,12,17H,2-6,9H2,1H3. The Morgan fingerprint density at radius 3 is 3.17 bits per heavy atom. The van der Waals surface area contributed by atoms with E-state index in [0.717, 1.165) is 36.2 Å². The summed E-state index contributed by atoms with van der Waals surface area (Å²) in [5.41, 5.74) is 1.17. The predicted molar refractivity (Wildman–Crippen MR) is 74.9 cm³/mol. The van der Waals surface area contributed by atoms with E-state index in [-0.39, 0.29) is 12.7 Å². The van der Waals surface area contributed by atoms with Crippen LogP contribution < -0.4 is 4.90 Å². The molecule has 1 saturated heterocycles. The normalized spacial score (nSPS) is 20.2. The van der Waals surface area contributed by atoms with Crippen molar-refractivity contribution in [2.45, 2.75) is 25.9 Å². The minimum atomic E-state index is 0.0893. The quantitative estimate of drug-likeness (QED) is 0.924. The number of ether oxygens (including phenoxy) is 1. The van der Waals surface area contributed by atoms with Crippen LogP contribution in [0.4, 0.5) is 5.82 Å². The molecule has 1 aliphatic rings. The van der Waals surface area contributed by atoms with E-state index in [4.69, 9.17) is 9.84 Å². The molecule has 2 heterocycles. The lowest BCUT2D eigenvalue weighted by atomic mass is 10.1. The zero-order chi connectivity index (χ0) is 13.0. The molecule has 0 radical (unpaired) electrons. The summed E-state index contributed by atoms with van der Waals surface area (Å²) in [6.45, 7) is 4.46. The lowest BCUT2D eigenvalue weighted by molar-refractivity contribution is 0.0213. The van der Waals surface area contributed by atoms with Crippen molar-refractivity contribution in [3.05, 3.63) is 22.3 Å². The fraction of sp³-hybridized carbons (Fsp3) is 0.615. The maximum absolute atomic E-state index is 8.80. The van der Waals surface area contributed by atoms with Gasteiger partial charge in [0, 0.05) is 23.8 Å². The van der Waals surface area contributed by atoms with E-state index in [9.17, 15) is 0 Å². The number of nitrogens with zero attached hydrogens (tertiary/aromatic N) is 2. The average molecular weight is 315 g/mol. The lowest BCUT2D eigenvalue weighted by Crippen LogP contribution is -2.40. The van der Waals surface area contributed by atoms with E-state index in [0.29, 0.717) is 6.61 Å². The molecule has 4 nitrogen and oxygen atoms in total. The van der Waals surface area contributed by atoms with Gasteiger partial charge in [-0.05, 0) is 47.3 Å². The van der Waals surface area contributed by atoms with E-state index in [1.807, 2.05) is 6.20 Å². The molecule has 1 unspecified atom stereocenters. The first-order valence-electron chi connectivity index (χ1n) is 6.30. The molecule has 1 atom stereocenters. The second-order valence-corrected chi connectivity index (χ2v) is 5.51. The molecule has 1 aromatic rings. The third-order valence-electron chi connectivity index (χ3n) is 3.14. The number of pyridine rings is 1. The van der Waals surface area contributed by atoms with Gasteiger partial charge in [-0.15, -0.1) is 0 Å². The van der Waals surface area contributed by atoms with Crippen molar-refractivity contribution in [1.29, 1.82) is 0 Å². The smallest absolute Gasteiger partial charge is 0.131 e. The zero-order valence-corrected chi connectivity index (χ0v) is 12.2. The van der Waals surface area contributed by atoms with E-state index < -0.39 is 0 Å². The van der Waals surface area contributed by atoms with Gasteiger partial charge in [-0.25, -0.2) is 4.98 Å². The Kier molecular flexibility index (Phi) is 4.97. The molecule has 0 bridgehead atoms. The molecule has 1 N–H and O–H groups in total. The molecule has 1 fully saturated rings. The number of rotatable bonds is 4. The Bertz CT molecular complexity index is 401. The zero-order valence-electron chi connectivity index (χ0n) is 10.6. The van der Waals surface area contributed by atoms with Crippen molar-refractivity contribution in [3.63, 3.8) is 0 Å². The highest BCUT2D eigenvalue weighted by Gasteiger charge is 2.22. The Morgan fingerprint density at radius 1 is 1.61 bits per heavy atom. The number of anilines is 1. The number of aryl methyl sites for hydroxylation is 1. The maximum atomic E-state index is 8.80. The molecule has 0 aliphatic carbocycles. The van der Waals surface area contributed by atoms with Gasteiger partial charge < -0.3 is 14.7 Å². The van der Waals surface area contributed by atoms with Gasteiger partial charge in [0.25, 0.3) is 0 Å². The Hall–Kier alpha value is -0.650. The van der Waals surface area contributed by atoms with Crippen LogP contribution in [0.5, 0.6) is 0 Å². The van der Waals surface area contributed by atoms with Gasteiger partial charge in [0.1, 0.15) is 5.82 Å². The topological polar surface area (TPSA) is 45.6 Å². The predicted octanol–water partition coefficient (Wildman–Crippen LogP) is 2.13. The highest BCUT2D eigenvalue weighted by Crippen LogP contribution is 2.24. The second-order valence-electron chi connectivity index (χ2n) is 4.60. The van der Waals surface area contributed by atoms with Gasteiger partial charge in [0.2, 0.25) is 0 Å². The van der Waals surface area contributed by atoms with Gasteiger partial charge in [0.15, 0.2) is 0 Å². The molecule has 2 rings (SSSR count). The molecule has 18 heavy (non-hydrogen) atoms. The van der Waals surface area contributed by atoms with Gasteiger partial charge >= 0.3 is 0 Å². The summed E-state index contributed by atoms with van der Waals surface area (Å²) in [6, 6.07) is 2.08. The molecule has 0 amide bonds. The average Bonchev–Trinajstić information content (AvgIpc) is 2.36. The first kappa shape index (κ1) is 13.8. The fourth-order valence-electron chi connectivity index (χ4n) is 2.35. The van der Waals surface area contributed by atoms with Crippen LogP contribution in [0.2, 0.25) is 0 Å². The maximum Gasteiger partial charge on any atom is 0.131 e. The van der Waals surface area contributed by atoms with Gasteiger partial charge in [-0.3, -0.25) is 0 Å². The van der Waals surface area contributed by atoms with Crippen molar-refractivity contribution < 1.29 is 9.84 Å². The van der Waals surface area contributed by atoms with E-state index >= 15 is 0 Å². The molecule has 0 saturated carbocycles. The highest BCUT2D eigenvalue weighted by molar-refractivity contribution is 9.10. The molecule has 1 aromatic heterocycles. The Balaban J connectivity index is 2.03. The number of hydrogen-bond donors (Lipinski definition) is 1.